The number of carbonyl (C=O) groups is 3. The van der Waals surface area contributed by atoms with Crippen LogP contribution >= 0.6 is 0 Å². The average Bonchev–Trinajstić information content (AvgIpc) is 3.21. The summed E-state index contributed by atoms with van der Waals surface area (Å²) in [4.78, 5) is 37.7. The van der Waals surface area contributed by atoms with Crippen LogP contribution in [-0.2, 0) is 28.6 Å². The lowest BCUT2D eigenvalue weighted by Crippen LogP contribution is -2.30. The summed E-state index contributed by atoms with van der Waals surface area (Å²) in [5.41, 5.74) is 0. The van der Waals surface area contributed by atoms with Gasteiger partial charge in [-0.1, -0.05) is 210 Å². The summed E-state index contributed by atoms with van der Waals surface area (Å²) >= 11 is 0. The van der Waals surface area contributed by atoms with Crippen LogP contribution in [0.1, 0.15) is 226 Å². The van der Waals surface area contributed by atoms with Crippen LogP contribution < -0.4 is 0 Å². The van der Waals surface area contributed by atoms with Crippen molar-refractivity contribution in [3.8, 4) is 0 Å². The molecule has 0 bridgehead atoms. The highest BCUT2D eigenvalue weighted by molar-refractivity contribution is 5.72. The molecule has 57 heavy (non-hydrogen) atoms. The van der Waals surface area contributed by atoms with Crippen molar-refractivity contribution >= 4 is 17.9 Å². The van der Waals surface area contributed by atoms with Crippen LogP contribution in [0.5, 0.6) is 0 Å². The number of esters is 3. The number of hydrogen-bond acceptors (Lipinski definition) is 6. The first-order valence-corrected chi connectivity index (χ1v) is 23.8. The smallest absolute Gasteiger partial charge is 0.309 e. The Hall–Kier alpha value is -2.89. The third-order valence-corrected chi connectivity index (χ3v) is 10.1. The van der Waals surface area contributed by atoms with Gasteiger partial charge in [0.15, 0.2) is 6.10 Å². The Kier molecular flexibility index (Phi) is 43.5. The lowest BCUT2D eigenvalue weighted by Gasteiger charge is -2.18. The van der Waals surface area contributed by atoms with Gasteiger partial charge in [-0.2, -0.15) is 0 Å². The van der Waals surface area contributed by atoms with Gasteiger partial charge < -0.3 is 14.2 Å². The molecule has 0 rings (SSSR count). The fourth-order valence-electron chi connectivity index (χ4n) is 6.49. The largest absolute Gasteiger partial charge is 0.462 e. The van der Waals surface area contributed by atoms with Crippen LogP contribution in [-0.4, -0.2) is 37.2 Å². The average molecular weight is 797 g/mol. The maximum atomic E-state index is 12.7. The molecule has 1 unspecified atom stereocenters. The van der Waals surface area contributed by atoms with Crippen LogP contribution in [0.2, 0.25) is 0 Å². The molecule has 0 aliphatic rings. The Morgan fingerprint density at radius 1 is 0.404 bits per heavy atom. The van der Waals surface area contributed by atoms with Crippen molar-refractivity contribution in [1.82, 2.24) is 0 Å². The molecule has 6 nitrogen and oxygen atoms in total. The van der Waals surface area contributed by atoms with Crippen LogP contribution in [0.4, 0.5) is 0 Å². The number of ether oxygens (including phenoxy) is 3. The van der Waals surface area contributed by atoms with Crippen LogP contribution in [0.3, 0.4) is 0 Å². The maximum Gasteiger partial charge on any atom is 0.309 e. The van der Waals surface area contributed by atoms with Gasteiger partial charge in [-0.25, -0.2) is 0 Å². The second kappa shape index (κ2) is 45.8. The predicted molar refractivity (Wildman–Crippen MR) is 242 cm³/mol. The zero-order chi connectivity index (χ0) is 41.5. The van der Waals surface area contributed by atoms with Crippen molar-refractivity contribution in [2.45, 2.75) is 232 Å². The fraction of sp³-hybridized carbons (Fsp3) is 0.745. The molecule has 0 N–H and O–H groups in total. The Morgan fingerprint density at radius 3 is 1.28 bits per heavy atom. The number of rotatable bonds is 42. The zero-order valence-electron chi connectivity index (χ0n) is 37.3. The van der Waals surface area contributed by atoms with Gasteiger partial charge in [0, 0.05) is 12.8 Å². The minimum Gasteiger partial charge on any atom is -0.462 e. The molecule has 1 atom stereocenters. The molecule has 0 aromatic heterocycles. The van der Waals surface area contributed by atoms with Crippen molar-refractivity contribution in [3.63, 3.8) is 0 Å². The lowest BCUT2D eigenvalue weighted by atomic mass is 10.0. The van der Waals surface area contributed by atoms with E-state index < -0.39 is 12.1 Å². The first-order chi connectivity index (χ1) is 28.0. The van der Waals surface area contributed by atoms with Crippen molar-refractivity contribution in [3.05, 3.63) is 60.8 Å². The van der Waals surface area contributed by atoms with Gasteiger partial charge in [0.1, 0.15) is 13.2 Å². The summed E-state index contributed by atoms with van der Waals surface area (Å²) < 4.78 is 16.6. The summed E-state index contributed by atoms with van der Waals surface area (Å²) in [5, 5.41) is 0. The van der Waals surface area contributed by atoms with Crippen molar-refractivity contribution < 1.29 is 28.6 Å². The molecule has 0 aromatic carbocycles. The van der Waals surface area contributed by atoms with E-state index in [1.807, 2.05) is 6.08 Å². The quantitative estimate of drug-likeness (QED) is 0.0201. The first kappa shape index (κ1) is 54.1. The molecule has 0 amide bonds. The van der Waals surface area contributed by atoms with Crippen LogP contribution in [0.25, 0.3) is 0 Å². The zero-order valence-corrected chi connectivity index (χ0v) is 37.3. The van der Waals surface area contributed by atoms with Crippen LogP contribution in [0, 0.1) is 0 Å². The Morgan fingerprint density at radius 2 is 0.789 bits per heavy atom. The van der Waals surface area contributed by atoms with Gasteiger partial charge in [0.05, 0.1) is 6.42 Å². The van der Waals surface area contributed by atoms with Gasteiger partial charge in [-0.3, -0.25) is 14.4 Å². The number of carbonyl (C=O) groups excluding carboxylic acids is 3. The molecule has 0 aliphatic carbocycles. The third kappa shape index (κ3) is 44.1. The summed E-state index contributed by atoms with van der Waals surface area (Å²) in [5.74, 6) is -1.07. The number of unbranched alkanes of at least 4 members (excludes halogenated alkanes) is 23. The van der Waals surface area contributed by atoms with E-state index in [-0.39, 0.29) is 31.6 Å². The Labute approximate surface area is 351 Å². The van der Waals surface area contributed by atoms with E-state index >= 15 is 0 Å². The molecule has 0 aromatic rings. The van der Waals surface area contributed by atoms with E-state index in [1.165, 1.54) is 116 Å². The molecule has 6 heteroatoms. The topological polar surface area (TPSA) is 78.9 Å². The molecule has 0 spiro atoms. The summed E-state index contributed by atoms with van der Waals surface area (Å²) in [6.07, 6.45) is 55.3. The van der Waals surface area contributed by atoms with Gasteiger partial charge in [0.25, 0.3) is 0 Å². The summed E-state index contributed by atoms with van der Waals surface area (Å²) in [6, 6.07) is 0. The monoisotopic (exact) mass is 797 g/mol. The second-order valence-corrected chi connectivity index (χ2v) is 15.7. The fourth-order valence-corrected chi connectivity index (χ4v) is 6.49. The second-order valence-electron chi connectivity index (χ2n) is 15.7. The minimum atomic E-state index is -0.816. The SMILES string of the molecule is CC/C=C\C/C=C\C/C=C\CC(=O)OCC(COC(=O)CCCCC/C=C\C=C/CCCCCCCCC)OC(=O)CCCCCCCCCCCCCCCC. The first-order valence-electron chi connectivity index (χ1n) is 23.8. The highest BCUT2D eigenvalue weighted by atomic mass is 16.6. The van der Waals surface area contributed by atoms with E-state index in [2.05, 4.69) is 69.4 Å². The molecule has 0 saturated carbocycles. The summed E-state index contributed by atoms with van der Waals surface area (Å²) in [7, 11) is 0. The normalized spacial score (nSPS) is 12.5. The molecule has 0 aliphatic heterocycles. The van der Waals surface area contributed by atoms with Crippen molar-refractivity contribution in [1.29, 1.82) is 0 Å². The molecular weight excluding hydrogens is 709 g/mol. The van der Waals surface area contributed by atoms with E-state index in [4.69, 9.17) is 14.2 Å². The molecule has 0 saturated heterocycles. The predicted octanol–water partition coefficient (Wildman–Crippen LogP) is 15.3. The van der Waals surface area contributed by atoms with Crippen molar-refractivity contribution in [2.75, 3.05) is 13.2 Å². The van der Waals surface area contributed by atoms with E-state index in [0.717, 1.165) is 70.6 Å². The summed E-state index contributed by atoms with van der Waals surface area (Å²) in [6.45, 7) is 6.39. The van der Waals surface area contributed by atoms with Gasteiger partial charge >= 0.3 is 17.9 Å². The Bertz CT molecular complexity index is 1050. The van der Waals surface area contributed by atoms with Gasteiger partial charge in [0.2, 0.25) is 0 Å². The number of allylic oxidation sites excluding steroid dienone is 9. The van der Waals surface area contributed by atoms with E-state index in [9.17, 15) is 14.4 Å². The van der Waals surface area contributed by atoms with Crippen molar-refractivity contribution in [2.24, 2.45) is 0 Å². The van der Waals surface area contributed by atoms with E-state index in [0.29, 0.717) is 12.8 Å². The maximum absolute atomic E-state index is 12.7. The minimum absolute atomic E-state index is 0.113. The van der Waals surface area contributed by atoms with E-state index in [1.54, 1.807) is 6.08 Å². The van der Waals surface area contributed by atoms with Crippen LogP contribution in [0.15, 0.2) is 60.8 Å². The standard InChI is InChI=1S/C51H88O6/c1-4-7-10-13-16-19-21-23-25-26-28-29-32-35-38-41-44-50(53)56-47-48(46-55-49(52)43-40-37-34-31-18-15-12-9-6-3)57-51(54)45-42-39-36-33-30-27-24-22-20-17-14-11-8-5-2/h9,12,18,25-26,28-29,31,37,40,48H,4-8,10-11,13-17,19-24,27,30,32-36,38-39,41-47H2,1-3H3/b12-9-,26-25-,29-28-,31-18-,40-37-. The van der Waals surface area contributed by atoms with Gasteiger partial charge in [-0.15, -0.1) is 0 Å². The molecule has 0 heterocycles. The molecule has 0 fully saturated rings. The van der Waals surface area contributed by atoms with Gasteiger partial charge in [-0.05, 0) is 57.8 Å². The molecule has 0 radical (unpaired) electrons. The number of hydrogen-bond donors (Lipinski definition) is 0. The highest BCUT2D eigenvalue weighted by Crippen LogP contribution is 2.14. The third-order valence-electron chi connectivity index (χ3n) is 10.1. The molecular formula is C51H88O6. The lowest BCUT2D eigenvalue weighted by molar-refractivity contribution is -0.166. The molecule has 328 valence electrons. The highest BCUT2D eigenvalue weighted by Gasteiger charge is 2.19. The Balaban J connectivity index is 4.43.